The van der Waals surface area contributed by atoms with Crippen LogP contribution in [0.15, 0.2) is 122 Å². The summed E-state index contributed by atoms with van der Waals surface area (Å²) in [5.41, 5.74) is 11.3. The van der Waals surface area contributed by atoms with Crippen molar-refractivity contribution in [3.63, 3.8) is 0 Å². The molecule has 0 aliphatic rings. The Balaban J connectivity index is 1.07. The molecule has 216 valence electrons. The molecule has 0 saturated carbocycles. The summed E-state index contributed by atoms with van der Waals surface area (Å²) < 4.78 is 3.96. The molecule has 0 atom stereocenters. The zero-order valence-corrected chi connectivity index (χ0v) is 24.9. The Hall–Kier alpha value is -4.78. The Labute approximate surface area is 254 Å². The summed E-state index contributed by atoms with van der Waals surface area (Å²) in [6.45, 7) is 7.56. The fraction of sp³-hybridized carbons (Fsp3) is 0.189. The van der Waals surface area contributed by atoms with Gasteiger partial charge < -0.3 is 10.6 Å². The normalized spacial score (nSPS) is 11.2. The lowest BCUT2D eigenvalue weighted by atomic mass is 10.1. The third-order valence-electron chi connectivity index (χ3n) is 7.61. The van der Waals surface area contributed by atoms with Crippen LogP contribution in [0.2, 0.25) is 0 Å². The second-order valence-electron chi connectivity index (χ2n) is 11.0. The van der Waals surface area contributed by atoms with E-state index in [0.717, 1.165) is 66.5 Å². The molecule has 0 fully saturated rings. The summed E-state index contributed by atoms with van der Waals surface area (Å²) >= 11 is 0. The van der Waals surface area contributed by atoms with Gasteiger partial charge in [-0.3, -0.25) is 0 Å². The Morgan fingerprint density at radius 1 is 0.512 bits per heavy atom. The van der Waals surface area contributed by atoms with Crippen LogP contribution in [0.25, 0.3) is 33.9 Å². The van der Waals surface area contributed by atoms with E-state index in [-0.39, 0.29) is 0 Å². The molecule has 43 heavy (non-hydrogen) atoms. The molecule has 0 aliphatic carbocycles. The highest BCUT2D eigenvalue weighted by Gasteiger charge is 2.14. The fourth-order valence-electron chi connectivity index (χ4n) is 5.20. The van der Waals surface area contributed by atoms with Crippen LogP contribution in [-0.4, -0.2) is 32.7 Å². The molecular weight excluding hydrogens is 528 g/mol. The number of nitrogens with one attached hydrogen (secondary N) is 2. The largest absolute Gasteiger partial charge is 0.312 e. The van der Waals surface area contributed by atoms with Gasteiger partial charge in [0, 0.05) is 47.7 Å². The van der Waals surface area contributed by atoms with Crippen LogP contribution in [0.5, 0.6) is 0 Å². The Bertz CT molecular complexity index is 1600. The summed E-state index contributed by atoms with van der Waals surface area (Å²) in [6.07, 6.45) is 5.30. The van der Waals surface area contributed by atoms with E-state index in [9.17, 15) is 0 Å². The minimum Gasteiger partial charge on any atom is -0.312 e. The number of aromatic nitrogens is 4. The molecule has 4 aromatic carbocycles. The topological polar surface area (TPSA) is 59.7 Å². The summed E-state index contributed by atoms with van der Waals surface area (Å²) in [4.78, 5) is 0. The van der Waals surface area contributed by atoms with Crippen LogP contribution >= 0.6 is 0 Å². The van der Waals surface area contributed by atoms with Crippen molar-refractivity contribution in [2.75, 3.05) is 13.1 Å². The van der Waals surface area contributed by atoms with Crippen molar-refractivity contribution >= 4 is 0 Å². The third-order valence-corrected chi connectivity index (χ3v) is 7.61. The number of rotatable bonds is 12. The first kappa shape index (κ1) is 28.3. The summed E-state index contributed by atoms with van der Waals surface area (Å²) in [7, 11) is 0. The van der Waals surface area contributed by atoms with Gasteiger partial charge in [0.05, 0.1) is 22.8 Å². The lowest BCUT2D eigenvalue weighted by molar-refractivity contribution is 0.595. The van der Waals surface area contributed by atoms with E-state index in [1.54, 1.807) is 0 Å². The molecule has 0 spiro atoms. The maximum atomic E-state index is 4.96. The van der Waals surface area contributed by atoms with Crippen LogP contribution in [0.4, 0.5) is 0 Å². The molecule has 0 saturated heterocycles. The lowest BCUT2D eigenvalue weighted by Crippen LogP contribution is -2.21. The molecule has 2 heterocycles. The van der Waals surface area contributed by atoms with Crippen molar-refractivity contribution in [1.82, 2.24) is 30.2 Å². The van der Waals surface area contributed by atoms with E-state index >= 15 is 0 Å². The van der Waals surface area contributed by atoms with E-state index in [1.807, 2.05) is 45.8 Å². The highest BCUT2D eigenvalue weighted by molar-refractivity contribution is 5.64. The van der Waals surface area contributed by atoms with Gasteiger partial charge in [0.1, 0.15) is 0 Å². The Morgan fingerprint density at radius 2 is 0.907 bits per heavy atom. The zero-order chi connectivity index (χ0) is 29.4. The number of hydrogen-bond donors (Lipinski definition) is 2. The summed E-state index contributed by atoms with van der Waals surface area (Å²) in [5.74, 6) is 0. The predicted octanol–water partition coefficient (Wildman–Crippen LogP) is 7.28. The van der Waals surface area contributed by atoms with Crippen LogP contribution in [0.3, 0.4) is 0 Å². The van der Waals surface area contributed by atoms with E-state index in [0.29, 0.717) is 0 Å². The monoisotopic (exact) mass is 566 g/mol. The standard InChI is InChI=1S/C37H38N6/c1-28-14-18-30(19-15-28)36-32(26-42(40-36)34-10-5-3-6-11-34)24-38-22-9-23-39-25-33-27-43(35-12-7-4-8-13-35)41-37(33)31-20-16-29(2)17-21-31/h3-8,10-21,26-27,38-39H,9,22-25H2,1-2H3. The molecule has 0 aliphatic heterocycles. The summed E-state index contributed by atoms with van der Waals surface area (Å²) in [6, 6.07) is 37.8. The maximum absolute atomic E-state index is 4.96. The number of nitrogens with zero attached hydrogens (tertiary/aromatic N) is 4. The first-order chi connectivity index (χ1) is 21.1. The first-order valence-electron chi connectivity index (χ1n) is 15.0. The second-order valence-corrected chi connectivity index (χ2v) is 11.0. The SMILES string of the molecule is Cc1ccc(-c2nn(-c3ccccc3)cc2CNCCCNCc2cn(-c3ccccc3)nc2-c2ccc(C)cc2)cc1. The molecule has 2 aromatic heterocycles. The van der Waals surface area contributed by atoms with Crippen molar-refractivity contribution in [2.45, 2.75) is 33.4 Å². The molecule has 0 unspecified atom stereocenters. The predicted molar refractivity (Wildman–Crippen MR) is 176 cm³/mol. The van der Waals surface area contributed by atoms with Gasteiger partial charge in [-0.15, -0.1) is 0 Å². The number of aryl methyl sites for hydroxylation is 2. The maximum Gasteiger partial charge on any atom is 0.0972 e. The fourth-order valence-corrected chi connectivity index (χ4v) is 5.20. The van der Waals surface area contributed by atoms with Gasteiger partial charge in [0.2, 0.25) is 0 Å². The number of hydrogen-bond acceptors (Lipinski definition) is 4. The highest BCUT2D eigenvalue weighted by Crippen LogP contribution is 2.25. The average Bonchev–Trinajstić information content (AvgIpc) is 3.67. The van der Waals surface area contributed by atoms with E-state index in [4.69, 9.17) is 10.2 Å². The van der Waals surface area contributed by atoms with Gasteiger partial charge >= 0.3 is 0 Å². The number of benzene rings is 4. The number of para-hydroxylation sites is 2. The Kier molecular flexibility index (Phi) is 8.88. The van der Waals surface area contributed by atoms with Gasteiger partial charge in [-0.1, -0.05) is 96.1 Å². The molecule has 6 aromatic rings. The first-order valence-corrected chi connectivity index (χ1v) is 15.0. The van der Waals surface area contributed by atoms with Crippen molar-refractivity contribution in [1.29, 1.82) is 0 Å². The minimum absolute atomic E-state index is 0.761. The van der Waals surface area contributed by atoms with Crippen molar-refractivity contribution in [3.05, 3.63) is 144 Å². The van der Waals surface area contributed by atoms with Gasteiger partial charge in [-0.25, -0.2) is 9.36 Å². The molecule has 6 rings (SSSR count). The van der Waals surface area contributed by atoms with Crippen LogP contribution in [-0.2, 0) is 13.1 Å². The molecule has 6 heteroatoms. The minimum atomic E-state index is 0.761. The van der Waals surface area contributed by atoms with Gasteiger partial charge in [0.25, 0.3) is 0 Å². The van der Waals surface area contributed by atoms with Gasteiger partial charge in [-0.05, 0) is 57.6 Å². The van der Waals surface area contributed by atoms with E-state index < -0.39 is 0 Å². The third kappa shape index (κ3) is 7.00. The molecule has 0 bridgehead atoms. The smallest absolute Gasteiger partial charge is 0.0972 e. The van der Waals surface area contributed by atoms with Crippen molar-refractivity contribution in [3.8, 4) is 33.9 Å². The van der Waals surface area contributed by atoms with Crippen molar-refractivity contribution < 1.29 is 0 Å². The molecular formula is C37H38N6. The lowest BCUT2D eigenvalue weighted by Gasteiger charge is -2.08. The zero-order valence-electron chi connectivity index (χ0n) is 24.9. The second kappa shape index (κ2) is 13.5. The van der Waals surface area contributed by atoms with Crippen LogP contribution in [0, 0.1) is 13.8 Å². The van der Waals surface area contributed by atoms with Crippen LogP contribution in [0.1, 0.15) is 28.7 Å². The Morgan fingerprint density at radius 3 is 1.30 bits per heavy atom. The van der Waals surface area contributed by atoms with Gasteiger partial charge in [0.15, 0.2) is 0 Å². The van der Waals surface area contributed by atoms with Gasteiger partial charge in [-0.2, -0.15) is 10.2 Å². The molecule has 0 amide bonds. The van der Waals surface area contributed by atoms with E-state index in [2.05, 4.69) is 110 Å². The van der Waals surface area contributed by atoms with Crippen molar-refractivity contribution in [2.24, 2.45) is 0 Å². The summed E-state index contributed by atoms with van der Waals surface area (Å²) in [5, 5.41) is 17.2. The highest BCUT2D eigenvalue weighted by atomic mass is 15.3. The van der Waals surface area contributed by atoms with Crippen LogP contribution < -0.4 is 10.6 Å². The molecule has 6 nitrogen and oxygen atoms in total. The molecule has 0 radical (unpaired) electrons. The van der Waals surface area contributed by atoms with E-state index in [1.165, 1.54) is 22.3 Å². The quantitative estimate of drug-likeness (QED) is 0.153. The average molecular weight is 567 g/mol. The molecule has 2 N–H and O–H groups in total.